The maximum atomic E-state index is 13.2. The van der Waals surface area contributed by atoms with E-state index in [9.17, 15) is 9.59 Å². The molecule has 0 unspecified atom stereocenters. The van der Waals surface area contributed by atoms with Gasteiger partial charge in [0.15, 0.2) is 11.5 Å². The molecule has 1 heterocycles. The third-order valence-corrected chi connectivity index (χ3v) is 7.97. The number of nitrogens with zero attached hydrogens (tertiary/aromatic N) is 1. The standard InChI is InChI=1S/C30H24INO4S/c1-19-8-3-4-10-23(19)18-36-28-25(31)14-20(15-26(28)35-2)16-27-29(33)32(30(34)37-27)17-22-12-7-11-21-9-5-6-13-24(21)22/h3-16H,17-18H2,1-2H3/b27-16-. The molecule has 0 aliphatic carbocycles. The number of carbonyl (C=O) groups excluding carboxylic acids is 2. The Balaban J connectivity index is 1.37. The molecule has 1 aliphatic heterocycles. The smallest absolute Gasteiger partial charge is 0.293 e. The monoisotopic (exact) mass is 621 g/mol. The lowest BCUT2D eigenvalue weighted by Gasteiger charge is -2.15. The number of imide groups is 1. The second-order valence-corrected chi connectivity index (χ2v) is 10.8. The summed E-state index contributed by atoms with van der Waals surface area (Å²) in [5.74, 6) is 0.922. The molecule has 0 atom stereocenters. The largest absolute Gasteiger partial charge is 0.493 e. The molecule has 5 nitrogen and oxygen atoms in total. The van der Waals surface area contributed by atoms with Crippen molar-refractivity contribution in [3.05, 3.63) is 110 Å². The number of hydrogen-bond donors (Lipinski definition) is 0. The number of thioether (sulfide) groups is 1. The fourth-order valence-corrected chi connectivity index (χ4v) is 5.89. The van der Waals surface area contributed by atoms with Gasteiger partial charge in [-0.3, -0.25) is 14.5 Å². The Morgan fingerprint density at radius 3 is 2.49 bits per heavy atom. The minimum absolute atomic E-state index is 0.232. The van der Waals surface area contributed by atoms with Crippen LogP contribution in [0.15, 0.2) is 83.8 Å². The molecule has 0 saturated carbocycles. The molecule has 4 aromatic rings. The quantitative estimate of drug-likeness (QED) is 0.157. The number of aryl methyl sites for hydroxylation is 1. The van der Waals surface area contributed by atoms with Crippen molar-refractivity contribution in [1.82, 2.24) is 4.90 Å². The van der Waals surface area contributed by atoms with E-state index in [0.29, 0.717) is 23.0 Å². The average molecular weight is 621 g/mol. The van der Waals surface area contributed by atoms with E-state index in [1.54, 1.807) is 13.2 Å². The second-order valence-electron chi connectivity index (χ2n) is 8.66. The zero-order valence-corrected chi connectivity index (χ0v) is 23.3. The third-order valence-electron chi connectivity index (χ3n) is 6.26. The van der Waals surface area contributed by atoms with Crippen LogP contribution in [-0.4, -0.2) is 23.2 Å². The summed E-state index contributed by atoms with van der Waals surface area (Å²) in [6.07, 6.45) is 1.74. The summed E-state index contributed by atoms with van der Waals surface area (Å²) in [6.45, 7) is 2.71. The SMILES string of the molecule is COc1cc(/C=C2\SC(=O)N(Cc3cccc4ccccc34)C2=O)cc(I)c1OCc1ccccc1C. The van der Waals surface area contributed by atoms with Gasteiger partial charge in [0.05, 0.1) is 22.1 Å². The van der Waals surface area contributed by atoms with E-state index in [0.717, 1.165) is 48.4 Å². The van der Waals surface area contributed by atoms with Gasteiger partial charge in [-0.05, 0) is 92.5 Å². The lowest BCUT2D eigenvalue weighted by atomic mass is 10.0. The highest BCUT2D eigenvalue weighted by Crippen LogP contribution is 2.38. The number of ether oxygens (including phenoxy) is 2. The molecule has 4 aromatic carbocycles. The Labute approximate surface area is 233 Å². The maximum Gasteiger partial charge on any atom is 0.293 e. The lowest BCUT2D eigenvalue weighted by molar-refractivity contribution is -0.123. The molecule has 37 heavy (non-hydrogen) atoms. The van der Waals surface area contributed by atoms with Crippen LogP contribution in [0.3, 0.4) is 0 Å². The van der Waals surface area contributed by atoms with Crippen molar-refractivity contribution in [3.8, 4) is 11.5 Å². The molecular weight excluding hydrogens is 597 g/mol. The van der Waals surface area contributed by atoms with Gasteiger partial charge in [-0.2, -0.15) is 0 Å². The number of rotatable bonds is 7. The number of fused-ring (bicyclic) bond motifs is 1. The summed E-state index contributed by atoms with van der Waals surface area (Å²) < 4.78 is 12.6. The Bertz CT molecular complexity index is 1540. The van der Waals surface area contributed by atoms with Crippen molar-refractivity contribution < 1.29 is 19.1 Å². The summed E-state index contributed by atoms with van der Waals surface area (Å²) in [6, 6.07) is 25.7. The highest BCUT2D eigenvalue weighted by Gasteiger charge is 2.35. The minimum atomic E-state index is -0.295. The number of amides is 2. The van der Waals surface area contributed by atoms with Crippen LogP contribution in [0.2, 0.25) is 0 Å². The number of carbonyl (C=O) groups is 2. The van der Waals surface area contributed by atoms with E-state index < -0.39 is 0 Å². The van der Waals surface area contributed by atoms with Gasteiger partial charge in [0.25, 0.3) is 11.1 Å². The normalized spacial score (nSPS) is 14.6. The Kier molecular flexibility index (Phi) is 7.53. The summed E-state index contributed by atoms with van der Waals surface area (Å²) in [4.78, 5) is 27.7. The van der Waals surface area contributed by atoms with Crippen LogP contribution in [0.1, 0.15) is 22.3 Å². The molecule has 0 bridgehead atoms. The summed E-state index contributed by atoms with van der Waals surface area (Å²) in [5.41, 5.74) is 3.96. The molecule has 0 spiro atoms. The molecular formula is C30H24INO4S. The number of hydrogen-bond acceptors (Lipinski definition) is 5. The molecule has 0 N–H and O–H groups in total. The zero-order valence-electron chi connectivity index (χ0n) is 20.4. The van der Waals surface area contributed by atoms with Crippen molar-refractivity contribution in [2.45, 2.75) is 20.1 Å². The van der Waals surface area contributed by atoms with Crippen LogP contribution in [-0.2, 0) is 17.9 Å². The lowest BCUT2D eigenvalue weighted by Crippen LogP contribution is -2.27. The van der Waals surface area contributed by atoms with Crippen molar-refractivity contribution in [1.29, 1.82) is 0 Å². The van der Waals surface area contributed by atoms with E-state index in [1.807, 2.05) is 72.8 Å². The first kappa shape index (κ1) is 25.4. The molecule has 0 radical (unpaired) electrons. The molecule has 1 saturated heterocycles. The molecule has 7 heteroatoms. The predicted molar refractivity (Wildman–Crippen MR) is 157 cm³/mol. The van der Waals surface area contributed by atoms with Crippen molar-refractivity contribution in [2.24, 2.45) is 0 Å². The summed E-state index contributed by atoms with van der Waals surface area (Å²) >= 11 is 3.16. The van der Waals surface area contributed by atoms with Gasteiger partial charge in [0.1, 0.15) is 6.61 Å². The van der Waals surface area contributed by atoms with Crippen molar-refractivity contribution in [2.75, 3.05) is 7.11 Å². The molecule has 1 fully saturated rings. The average Bonchev–Trinajstić information content (AvgIpc) is 3.16. The van der Waals surface area contributed by atoms with Gasteiger partial charge < -0.3 is 9.47 Å². The highest BCUT2D eigenvalue weighted by molar-refractivity contribution is 14.1. The Morgan fingerprint density at radius 2 is 1.68 bits per heavy atom. The van der Waals surface area contributed by atoms with Crippen molar-refractivity contribution >= 4 is 62.3 Å². The van der Waals surface area contributed by atoms with Crippen molar-refractivity contribution in [3.63, 3.8) is 0 Å². The highest BCUT2D eigenvalue weighted by atomic mass is 127. The van der Waals surface area contributed by atoms with E-state index in [2.05, 4.69) is 35.6 Å². The maximum absolute atomic E-state index is 13.2. The van der Waals surface area contributed by atoms with Crippen LogP contribution in [0.5, 0.6) is 11.5 Å². The first-order valence-electron chi connectivity index (χ1n) is 11.7. The van der Waals surface area contributed by atoms with E-state index >= 15 is 0 Å². The van der Waals surface area contributed by atoms with Gasteiger partial charge in [0.2, 0.25) is 0 Å². The minimum Gasteiger partial charge on any atom is -0.493 e. The van der Waals surface area contributed by atoms with Gasteiger partial charge in [-0.25, -0.2) is 0 Å². The van der Waals surface area contributed by atoms with Crippen LogP contribution < -0.4 is 9.47 Å². The predicted octanol–water partition coefficient (Wildman–Crippen LogP) is 7.58. The third kappa shape index (κ3) is 5.38. The molecule has 5 rings (SSSR count). The van der Waals surface area contributed by atoms with Crippen LogP contribution in [0.25, 0.3) is 16.8 Å². The summed E-state index contributed by atoms with van der Waals surface area (Å²) in [7, 11) is 1.59. The number of methoxy groups -OCH3 is 1. The Hall–Kier alpha value is -3.30. The summed E-state index contributed by atoms with van der Waals surface area (Å²) in [5, 5.41) is 1.84. The topological polar surface area (TPSA) is 55.8 Å². The number of halogens is 1. The van der Waals surface area contributed by atoms with E-state index in [-0.39, 0.29) is 17.7 Å². The van der Waals surface area contributed by atoms with E-state index in [4.69, 9.17) is 9.47 Å². The fourth-order valence-electron chi connectivity index (χ4n) is 4.27. The van der Waals surface area contributed by atoms with Crippen LogP contribution in [0, 0.1) is 10.5 Å². The van der Waals surface area contributed by atoms with Gasteiger partial charge in [-0.15, -0.1) is 0 Å². The van der Waals surface area contributed by atoms with Gasteiger partial charge >= 0.3 is 0 Å². The number of benzene rings is 4. The molecule has 1 aliphatic rings. The first-order chi connectivity index (χ1) is 17.9. The van der Waals surface area contributed by atoms with Gasteiger partial charge in [-0.1, -0.05) is 66.7 Å². The van der Waals surface area contributed by atoms with Crippen LogP contribution >= 0.6 is 34.4 Å². The van der Waals surface area contributed by atoms with E-state index in [1.165, 1.54) is 4.90 Å². The first-order valence-corrected chi connectivity index (χ1v) is 13.6. The van der Waals surface area contributed by atoms with Crippen LogP contribution in [0.4, 0.5) is 4.79 Å². The molecule has 2 amide bonds. The van der Waals surface area contributed by atoms with Gasteiger partial charge in [0, 0.05) is 0 Å². The zero-order chi connectivity index (χ0) is 25.9. The second kappa shape index (κ2) is 11.0. The Morgan fingerprint density at radius 1 is 0.946 bits per heavy atom. The molecule has 0 aromatic heterocycles. The molecule has 186 valence electrons. The fraction of sp³-hybridized carbons (Fsp3) is 0.133.